The van der Waals surface area contributed by atoms with Crippen LogP contribution in [0.4, 0.5) is 0 Å². The minimum absolute atomic E-state index is 0.435. The Hall–Kier alpha value is -1.22. The monoisotopic (exact) mass is 265 g/mol. The molecule has 108 valence electrons. The smallest absolute Gasteiger partial charge is 0.122 e. The Bertz CT molecular complexity index is 379. The predicted molar refractivity (Wildman–Crippen MR) is 80.3 cm³/mol. The maximum atomic E-state index is 5.45. The van der Waals surface area contributed by atoms with Gasteiger partial charge < -0.3 is 14.8 Å². The fourth-order valence-electron chi connectivity index (χ4n) is 2.36. The number of ether oxygens (including phenoxy) is 2. The van der Waals surface area contributed by atoms with Crippen LogP contribution in [-0.2, 0) is 0 Å². The van der Waals surface area contributed by atoms with Crippen molar-refractivity contribution in [2.24, 2.45) is 0 Å². The second-order valence-corrected chi connectivity index (χ2v) is 5.10. The van der Waals surface area contributed by atoms with E-state index in [1.807, 2.05) is 12.1 Å². The Morgan fingerprint density at radius 3 is 2.47 bits per heavy atom. The highest BCUT2D eigenvalue weighted by Gasteiger charge is 2.15. The molecule has 0 radical (unpaired) electrons. The topological polar surface area (TPSA) is 30.5 Å². The molecule has 0 aliphatic carbocycles. The standard InChI is InChI=1S/C16H27NO2/c1-6-9-17-13(3)10-12(2)15-11-14(18-4)7-8-16(15)19-5/h7-8,11-13,17H,6,9-10H2,1-5H3. The lowest BCUT2D eigenvalue weighted by Gasteiger charge is -2.21. The quantitative estimate of drug-likeness (QED) is 0.779. The molecule has 0 aliphatic rings. The fraction of sp³-hybridized carbons (Fsp3) is 0.625. The Kier molecular flexibility index (Phi) is 6.71. The summed E-state index contributed by atoms with van der Waals surface area (Å²) in [4.78, 5) is 0. The van der Waals surface area contributed by atoms with Crippen molar-refractivity contribution >= 4 is 0 Å². The molecular formula is C16H27NO2. The summed E-state index contributed by atoms with van der Waals surface area (Å²) in [6, 6.07) is 6.50. The number of methoxy groups -OCH3 is 2. The van der Waals surface area contributed by atoms with E-state index in [2.05, 4.69) is 32.2 Å². The highest BCUT2D eigenvalue weighted by Crippen LogP contribution is 2.32. The van der Waals surface area contributed by atoms with Gasteiger partial charge in [0.25, 0.3) is 0 Å². The normalized spacial score (nSPS) is 13.9. The summed E-state index contributed by atoms with van der Waals surface area (Å²) >= 11 is 0. The maximum absolute atomic E-state index is 5.45. The van der Waals surface area contributed by atoms with Crippen molar-refractivity contribution in [2.75, 3.05) is 20.8 Å². The van der Waals surface area contributed by atoms with Crippen LogP contribution in [0.3, 0.4) is 0 Å². The zero-order valence-corrected chi connectivity index (χ0v) is 12.8. The molecule has 0 bridgehead atoms. The van der Waals surface area contributed by atoms with Crippen LogP contribution in [0.5, 0.6) is 11.5 Å². The highest BCUT2D eigenvalue weighted by atomic mass is 16.5. The van der Waals surface area contributed by atoms with Gasteiger partial charge in [-0.3, -0.25) is 0 Å². The first kappa shape index (κ1) is 15.8. The Balaban J connectivity index is 2.76. The van der Waals surface area contributed by atoms with Crippen LogP contribution in [0, 0.1) is 0 Å². The van der Waals surface area contributed by atoms with Crippen molar-refractivity contribution in [3.8, 4) is 11.5 Å². The van der Waals surface area contributed by atoms with Gasteiger partial charge in [0.1, 0.15) is 11.5 Å². The molecule has 2 unspecified atom stereocenters. The van der Waals surface area contributed by atoms with Gasteiger partial charge >= 0.3 is 0 Å². The minimum Gasteiger partial charge on any atom is -0.497 e. The summed E-state index contributed by atoms with van der Waals surface area (Å²) < 4.78 is 10.8. The predicted octanol–water partition coefficient (Wildman–Crippen LogP) is 3.59. The number of hydrogen-bond acceptors (Lipinski definition) is 3. The summed E-state index contributed by atoms with van der Waals surface area (Å²) in [5.41, 5.74) is 1.21. The van der Waals surface area contributed by atoms with Gasteiger partial charge in [-0.15, -0.1) is 0 Å². The van der Waals surface area contributed by atoms with Crippen molar-refractivity contribution < 1.29 is 9.47 Å². The van der Waals surface area contributed by atoms with Crippen molar-refractivity contribution in [3.63, 3.8) is 0 Å². The third kappa shape index (κ3) is 4.75. The molecule has 0 amide bonds. The second kappa shape index (κ2) is 8.05. The molecule has 0 heterocycles. The van der Waals surface area contributed by atoms with E-state index in [1.54, 1.807) is 14.2 Å². The van der Waals surface area contributed by atoms with Crippen LogP contribution in [0.25, 0.3) is 0 Å². The second-order valence-electron chi connectivity index (χ2n) is 5.10. The molecule has 0 fully saturated rings. The summed E-state index contributed by atoms with van der Waals surface area (Å²) in [6.07, 6.45) is 2.25. The van der Waals surface area contributed by atoms with E-state index in [1.165, 1.54) is 12.0 Å². The van der Waals surface area contributed by atoms with Crippen LogP contribution < -0.4 is 14.8 Å². The van der Waals surface area contributed by atoms with Crippen molar-refractivity contribution in [1.82, 2.24) is 5.32 Å². The van der Waals surface area contributed by atoms with Crippen molar-refractivity contribution in [3.05, 3.63) is 23.8 Å². The lowest BCUT2D eigenvalue weighted by molar-refractivity contribution is 0.391. The van der Waals surface area contributed by atoms with Crippen LogP contribution >= 0.6 is 0 Å². The first-order chi connectivity index (χ1) is 9.12. The SMILES string of the molecule is CCCNC(C)CC(C)c1cc(OC)ccc1OC. The van der Waals surface area contributed by atoms with E-state index < -0.39 is 0 Å². The number of benzene rings is 1. The highest BCUT2D eigenvalue weighted by molar-refractivity contribution is 5.42. The van der Waals surface area contributed by atoms with Gasteiger partial charge in [0.2, 0.25) is 0 Å². The third-order valence-corrected chi connectivity index (χ3v) is 3.42. The zero-order valence-electron chi connectivity index (χ0n) is 12.8. The summed E-state index contributed by atoms with van der Waals surface area (Å²) in [6.45, 7) is 7.73. The average molecular weight is 265 g/mol. The minimum atomic E-state index is 0.435. The van der Waals surface area contributed by atoms with Gasteiger partial charge in [0.15, 0.2) is 0 Å². The molecule has 0 aliphatic heterocycles. The average Bonchev–Trinajstić information content (AvgIpc) is 2.44. The molecule has 19 heavy (non-hydrogen) atoms. The van der Waals surface area contributed by atoms with Gasteiger partial charge in [-0.2, -0.15) is 0 Å². The zero-order chi connectivity index (χ0) is 14.3. The fourth-order valence-corrected chi connectivity index (χ4v) is 2.36. The van der Waals surface area contributed by atoms with Gasteiger partial charge in [0.05, 0.1) is 14.2 Å². The van der Waals surface area contributed by atoms with Gasteiger partial charge in [-0.25, -0.2) is 0 Å². The van der Waals surface area contributed by atoms with Crippen LogP contribution in [-0.4, -0.2) is 26.8 Å². The molecule has 0 saturated heterocycles. The number of rotatable bonds is 8. The molecule has 0 aromatic heterocycles. The molecule has 1 N–H and O–H groups in total. The molecule has 1 aromatic carbocycles. The first-order valence-corrected chi connectivity index (χ1v) is 7.07. The number of hydrogen-bond donors (Lipinski definition) is 1. The van der Waals surface area contributed by atoms with Gasteiger partial charge in [-0.05, 0) is 50.4 Å². The van der Waals surface area contributed by atoms with E-state index in [-0.39, 0.29) is 0 Å². The summed E-state index contributed by atoms with van der Waals surface area (Å²) in [5.74, 6) is 2.26. The number of nitrogens with one attached hydrogen (secondary N) is 1. The Morgan fingerprint density at radius 1 is 1.16 bits per heavy atom. The largest absolute Gasteiger partial charge is 0.497 e. The van der Waals surface area contributed by atoms with Gasteiger partial charge in [-0.1, -0.05) is 13.8 Å². The lowest BCUT2D eigenvalue weighted by atomic mass is 9.93. The van der Waals surface area contributed by atoms with Gasteiger partial charge in [0, 0.05) is 11.6 Å². The van der Waals surface area contributed by atoms with E-state index in [9.17, 15) is 0 Å². The van der Waals surface area contributed by atoms with E-state index in [4.69, 9.17) is 9.47 Å². The Labute approximate surface area is 117 Å². The maximum Gasteiger partial charge on any atom is 0.122 e. The molecule has 1 rings (SSSR count). The molecular weight excluding hydrogens is 238 g/mol. The summed E-state index contributed by atoms with van der Waals surface area (Å²) in [7, 11) is 3.42. The van der Waals surface area contributed by atoms with Crippen molar-refractivity contribution in [2.45, 2.75) is 45.6 Å². The molecule has 1 aromatic rings. The first-order valence-electron chi connectivity index (χ1n) is 7.07. The lowest BCUT2D eigenvalue weighted by Crippen LogP contribution is -2.28. The molecule has 3 nitrogen and oxygen atoms in total. The van der Waals surface area contributed by atoms with Crippen LogP contribution in [0.1, 0.15) is 45.1 Å². The Morgan fingerprint density at radius 2 is 1.89 bits per heavy atom. The van der Waals surface area contributed by atoms with Crippen molar-refractivity contribution in [1.29, 1.82) is 0 Å². The molecule has 2 atom stereocenters. The van der Waals surface area contributed by atoms with E-state index in [0.717, 1.165) is 24.5 Å². The van der Waals surface area contributed by atoms with E-state index in [0.29, 0.717) is 12.0 Å². The molecule has 3 heteroatoms. The third-order valence-electron chi connectivity index (χ3n) is 3.42. The molecule has 0 saturated carbocycles. The van der Waals surface area contributed by atoms with E-state index >= 15 is 0 Å². The summed E-state index contributed by atoms with van der Waals surface area (Å²) in [5, 5.41) is 3.53. The van der Waals surface area contributed by atoms with Crippen LogP contribution in [0.15, 0.2) is 18.2 Å². The van der Waals surface area contributed by atoms with Crippen LogP contribution in [0.2, 0.25) is 0 Å². The molecule has 0 spiro atoms.